The van der Waals surface area contributed by atoms with Gasteiger partial charge in [-0.25, -0.2) is 0 Å². The Balaban J connectivity index is 1.58. The highest BCUT2D eigenvalue weighted by atomic mass is 16.5. The first-order valence-corrected chi connectivity index (χ1v) is 11.8. The van der Waals surface area contributed by atoms with Crippen molar-refractivity contribution in [2.75, 3.05) is 38.3 Å². The van der Waals surface area contributed by atoms with Crippen LogP contribution in [0, 0.1) is 13.8 Å². The van der Waals surface area contributed by atoms with Gasteiger partial charge in [0.25, 0.3) is 0 Å². The molecule has 0 aromatic heterocycles. The molecule has 3 heterocycles. The van der Waals surface area contributed by atoms with Crippen molar-refractivity contribution in [1.29, 1.82) is 0 Å². The Labute approximate surface area is 195 Å². The molecule has 3 aliphatic rings. The van der Waals surface area contributed by atoms with Crippen molar-refractivity contribution in [3.63, 3.8) is 0 Å². The first-order valence-electron chi connectivity index (χ1n) is 11.8. The summed E-state index contributed by atoms with van der Waals surface area (Å²) in [7, 11) is 2.15. The van der Waals surface area contributed by atoms with E-state index in [1.807, 2.05) is 6.21 Å². The van der Waals surface area contributed by atoms with Crippen molar-refractivity contribution in [3.8, 4) is 5.75 Å². The molecule has 3 aliphatic heterocycles. The van der Waals surface area contributed by atoms with E-state index >= 15 is 0 Å². The van der Waals surface area contributed by atoms with Gasteiger partial charge in [-0.1, -0.05) is 36.4 Å². The monoisotopic (exact) mass is 441 g/mol. The fraction of sp³-hybridized carbons (Fsp3) is 0.393. The second kappa shape index (κ2) is 7.05. The van der Waals surface area contributed by atoms with Gasteiger partial charge in [-0.15, -0.1) is 0 Å². The molecule has 1 unspecified atom stereocenters. The highest BCUT2D eigenvalue weighted by Gasteiger charge is 2.56. The van der Waals surface area contributed by atoms with E-state index in [9.17, 15) is 0 Å². The highest BCUT2D eigenvalue weighted by Crippen LogP contribution is 2.55. The molecule has 1 fully saturated rings. The smallest absolute Gasteiger partial charge is 0.227 e. The van der Waals surface area contributed by atoms with Crippen molar-refractivity contribution in [3.05, 3.63) is 64.7 Å². The third kappa shape index (κ3) is 2.76. The molecule has 1 saturated heterocycles. The molecule has 6 rings (SSSR count). The molecule has 0 amide bonds. The predicted molar refractivity (Wildman–Crippen MR) is 134 cm³/mol. The van der Waals surface area contributed by atoms with Gasteiger partial charge in [-0.05, 0) is 51.4 Å². The van der Waals surface area contributed by atoms with Crippen LogP contribution in [0.4, 0.5) is 11.4 Å². The summed E-state index contributed by atoms with van der Waals surface area (Å²) in [5.41, 5.74) is 6.29. The topological polar surface area (TPSA) is 37.3 Å². The van der Waals surface area contributed by atoms with Crippen LogP contribution in [0.3, 0.4) is 0 Å². The summed E-state index contributed by atoms with van der Waals surface area (Å²) in [6, 6.07) is 15.2. The van der Waals surface area contributed by atoms with Crippen LogP contribution in [-0.4, -0.2) is 44.5 Å². The quantitative estimate of drug-likeness (QED) is 0.505. The number of fused-ring (bicyclic) bond motifs is 5. The van der Waals surface area contributed by atoms with Gasteiger partial charge in [0.2, 0.25) is 5.72 Å². The van der Waals surface area contributed by atoms with Gasteiger partial charge in [0, 0.05) is 46.7 Å². The number of rotatable bonds is 1. The zero-order chi connectivity index (χ0) is 23.0. The van der Waals surface area contributed by atoms with Crippen LogP contribution in [0.5, 0.6) is 5.75 Å². The molecule has 33 heavy (non-hydrogen) atoms. The minimum atomic E-state index is -0.729. The molecule has 170 valence electrons. The maximum absolute atomic E-state index is 7.05. The summed E-state index contributed by atoms with van der Waals surface area (Å²) in [5.74, 6) is 0.842. The molecule has 1 spiro atoms. The van der Waals surface area contributed by atoms with Crippen molar-refractivity contribution < 1.29 is 9.47 Å². The second-order valence-corrected chi connectivity index (χ2v) is 10.0. The van der Waals surface area contributed by atoms with Crippen molar-refractivity contribution in [2.45, 2.75) is 39.0 Å². The van der Waals surface area contributed by atoms with Crippen LogP contribution in [0.1, 0.15) is 36.1 Å². The average molecular weight is 442 g/mol. The number of benzene rings is 3. The number of anilines is 1. The molecule has 3 aromatic rings. The van der Waals surface area contributed by atoms with Crippen LogP contribution < -0.4 is 9.64 Å². The SMILES string of the molecule is Cc1ccc(C)c2c1C(C)(C)N(C)C21C=Nc2c(cc(N3CCOCC3)c3ccccc23)O1. The third-order valence-corrected chi connectivity index (χ3v) is 7.87. The molecule has 0 bridgehead atoms. The lowest BCUT2D eigenvalue weighted by Gasteiger charge is -2.42. The van der Waals surface area contributed by atoms with Crippen molar-refractivity contribution in [2.24, 2.45) is 4.99 Å². The maximum atomic E-state index is 7.05. The molecular formula is C28H31N3O2. The van der Waals surface area contributed by atoms with Gasteiger partial charge >= 0.3 is 0 Å². The van der Waals surface area contributed by atoms with E-state index in [0.717, 1.165) is 43.1 Å². The van der Waals surface area contributed by atoms with Gasteiger partial charge in [-0.2, -0.15) is 0 Å². The Morgan fingerprint density at radius 1 is 0.909 bits per heavy atom. The Hall–Kier alpha value is -2.89. The first kappa shape index (κ1) is 20.7. The van der Waals surface area contributed by atoms with Crippen LogP contribution >= 0.6 is 0 Å². The lowest BCUT2D eigenvalue weighted by Crippen LogP contribution is -2.52. The van der Waals surface area contributed by atoms with E-state index < -0.39 is 5.72 Å². The molecule has 0 aliphatic carbocycles. The Morgan fingerprint density at radius 2 is 1.58 bits per heavy atom. The summed E-state index contributed by atoms with van der Waals surface area (Å²) in [4.78, 5) is 9.84. The molecular weight excluding hydrogens is 410 g/mol. The fourth-order valence-electron chi connectivity index (χ4n) is 6.02. The van der Waals surface area contributed by atoms with E-state index in [4.69, 9.17) is 14.5 Å². The van der Waals surface area contributed by atoms with E-state index in [2.05, 4.69) is 87.0 Å². The zero-order valence-corrected chi connectivity index (χ0v) is 20.1. The minimum absolute atomic E-state index is 0.182. The Bertz CT molecular complexity index is 1310. The van der Waals surface area contributed by atoms with Gasteiger partial charge < -0.3 is 14.4 Å². The molecule has 5 nitrogen and oxygen atoms in total. The number of nitrogens with zero attached hydrogens (tertiary/aromatic N) is 3. The third-order valence-electron chi connectivity index (χ3n) is 7.87. The molecule has 0 N–H and O–H groups in total. The number of morpholine rings is 1. The summed E-state index contributed by atoms with van der Waals surface area (Å²) < 4.78 is 12.7. The van der Waals surface area contributed by atoms with Crippen LogP contribution in [0.25, 0.3) is 10.8 Å². The van der Waals surface area contributed by atoms with E-state index in [1.54, 1.807) is 0 Å². The van der Waals surface area contributed by atoms with E-state index in [0.29, 0.717) is 0 Å². The largest absolute Gasteiger partial charge is 0.461 e. The number of hydrogen-bond donors (Lipinski definition) is 0. The maximum Gasteiger partial charge on any atom is 0.227 e. The van der Waals surface area contributed by atoms with Gasteiger partial charge in [-0.3, -0.25) is 9.89 Å². The Kier molecular flexibility index (Phi) is 4.42. The van der Waals surface area contributed by atoms with Crippen molar-refractivity contribution >= 4 is 28.4 Å². The molecule has 1 atom stereocenters. The average Bonchev–Trinajstić information content (AvgIpc) is 3.00. The van der Waals surface area contributed by atoms with E-state index in [1.165, 1.54) is 33.3 Å². The normalized spacial score (nSPS) is 23.6. The van der Waals surface area contributed by atoms with Crippen molar-refractivity contribution in [1.82, 2.24) is 4.90 Å². The summed E-state index contributed by atoms with van der Waals surface area (Å²) >= 11 is 0. The second-order valence-electron chi connectivity index (χ2n) is 10.0. The van der Waals surface area contributed by atoms with Crippen LogP contribution in [0.15, 0.2) is 47.5 Å². The number of ether oxygens (including phenoxy) is 2. The zero-order valence-electron chi connectivity index (χ0n) is 20.1. The molecule has 0 saturated carbocycles. The number of aliphatic imine (C=N–C) groups is 1. The fourth-order valence-corrected chi connectivity index (χ4v) is 6.02. The molecule has 0 radical (unpaired) electrons. The van der Waals surface area contributed by atoms with Gasteiger partial charge in [0.05, 0.1) is 19.4 Å². The Morgan fingerprint density at radius 3 is 2.30 bits per heavy atom. The van der Waals surface area contributed by atoms with Gasteiger partial charge in [0.1, 0.15) is 5.69 Å². The number of aryl methyl sites for hydroxylation is 2. The minimum Gasteiger partial charge on any atom is -0.461 e. The van der Waals surface area contributed by atoms with Gasteiger partial charge in [0.15, 0.2) is 5.75 Å². The summed E-state index contributed by atoms with van der Waals surface area (Å²) in [6.07, 6.45) is 2.02. The van der Waals surface area contributed by atoms with E-state index in [-0.39, 0.29) is 5.54 Å². The highest BCUT2D eigenvalue weighted by molar-refractivity contribution is 6.05. The summed E-state index contributed by atoms with van der Waals surface area (Å²) in [5, 5.41) is 2.34. The van der Waals surface area contributed by atoms with Crippen LogP contribution in [0.2, 0.25) is 0 Å². The standard InChI is InChI=1S/C28H31N3O2/c1-18-10-11-19(2)25-24(18)27(3,4)30(5)28(25)17-29-26-21-9-7-6-8-20(21)22(16-23(26)33-28)31-12-14-32-15-13-31/h6-11,16-17H,12-15H2,1-5H3. The lowest BCUT2D eigenvalue weighted by molar-refractivity contribution is -0.0477. The van der Waals surface area contributed by atoms with Crippen LogP contribution in [-0.2, 0) is 16.0 Å². The molecule has 5 heteroatoms. The lowest BCUT2D eigenvalue weighted by atomic mass is 9.86. The number of hydrogen-bond acceptors (Lipinski definition) is 5. The molecule has 3 aromatic carbocycles. The summed E-state index contributed by atoms with van der Waals surface area (Å²) in [6.45, 7) is 12.2. The predicted octanol–water partition coefficient (Wildman–Crippen LogP) is 5.42. The first-order chi connectivity index (χ1) is 15.8.